The number of amides is 3. The van der Waals surface area contributed by atoms with Crippen LogP contribution < -0.4 is 33.2 Å². The van der Waals surface area contributed by atoms with Crippen LogP contribution in [0.1, 0.15) is 37.8 Å². The summed E-state index contributed by atoms with van der Waals surface area (Å²) in [5, 5.41) is 26.0. The molecule has 0 fully saturated rings. The minimum Gasteiger partial charge on any atom is -0.481 e. The van der Waals surface area contributed by atoms with Crippen LogP contribution in [0.25, 0.3) is 0 Å². The van der Waals surface area contributed by atoms with E-state index in [2.05, 4.69) is 30.9 Å². The quantitative estimate of drug-likeness (QED) is 0.0473. The number of guanidine groups is 1. The Balaban J connectivity index is 3.05. The zero-order valence-electron chi connectivity index (χ0n) is 21.6. The van der Waals surface area contributed by atoms with Gasteiger partial charge < -0.3 is 48.3 Å². The molecule has 0 saturated heterocycles. The lowest BCUT2D eigenvalue weighted by atomic mass is 10.1. The van der Waals surface area contributed by atoms with E-state index >= 15 is 0 Å². The number of aliphatic imine (C=N–C) groups is 1. The summed E-state index contributed by atoms with van der Waals surface area (Å²) in [7, 11) is 0. The highest BCUT2D eigenvalue weighted by molar-refractivity contribution is 7.98. The average Bonchev–Trinajstić information content (AvgIpc) is 3.38. The van der Waals surface area contributed by atoms with Crippen LogP contribution in [0.15, 0.2) is 17.5 Å². The van der Waals surface area contributed by atoms with Gasteiger partial charge in [0.25, 0.3) is 0 Å². The van der Waals surface area contributed by atoms with Crippen LogP contribution in [-0.2, 0) is 30.4 Å². The number of aromatic nitrogens is 2. The van der Waals surface area contributed by atoms with Crippen LogP contribution in [-0.4, -0.2) is 98.5 Å². The average molecular weight is 572 g/mol. The summed E-state index contributed by atoms with van der Waals surface area (Å²) >= 11 is 1.48. The minimum absolute atomic E-state index is 0.0115. The number of hydrogen-bond acceptors (Lipinski definition) is 9. The first-order valence-electron chi connectivity index (χ1n) is 12.1. The standard InChI is InChI=1S/C22H37N9O7S/c1-39-8-6-13(23)18(34)29-15(4-5-17(32)33)20(36)30-14(3-2-7-27-22(24)25)19(35)31-16(21(37)38)9-12-10-26-11-28-12/h10-11,13-16H,2-9,23H2,1H3,(H,26,28)(H,29,34)(H,30,36)(H,31,35)(H,32,33)(H,37,38)(H4,24,25,27). The molecule has 0 aliphatic heterocycles. The molecule has 0 radical (unpaired) electrons. The first-order chi connectivity index (χ1) is 18.4. The predicted octanol–water partition coefficient (Wildman–Crippen LogP) is -2.51. The number of rotatable bonds is 19. The molecule has 218 valence electrons. The van der Waals surface area contributed by atoms with Crippen molar-refractivity contribution >= 4 is 47.4 Å². The highest BCUT2D eigenvalue weighted by Crippen LogP contribution is 2.07. The third-order valence-electron chi connectivity index (χ3n) is 5.42. The molecule has 39 heavy (non-hydrogen) atoms. The molecule has 16 nitrogen and oxygen atoms in total. The fourth-order valence-electron chi connectivity index (χ4n) is 3.32. The zero-order valence-corrected chi connectivity index (χ0v) is 22.4. The smallest absolute Gasteiger partial charge is 0.326 e. The highest BCUT2D eigenvalue weighted by Gasteiger charge is 2.30. The predicted molar refractivity (Wildman–Crippen MR) is 143 cm³/mol. The second kappa shape index (κ2) is 17.6. The summed E-state index contributed by atoms with van der Waals surface area (Å²) < 4.78 is 0. The van der Waals surface area contributed by atoms with Gasteiger partial charge in [0.2, 0.25) is 17.7 Å². The third kappa shape index (κ3) is 13.5. The summed E-state index contributed by atoms with van der Waals surface area (Å²) in [6.45, 7) is 0.127. The lowest BCUT2D eigenvalue weighted by Gasteiger charge is -2.25. The maximum absolute atomic E-state index is 13.1. The molecule has 1 aromatic rings. The normalized spacial score (nSPS) is 13.8. The minimum atomic E-state index is -1.34. The number of H-pyrrole nitrogens is 1. The number of nitrogens with two attached hydrogens (primary N) is 3. The van der Waals surface area contributed by atoms with Crippen LogP contribution in [0.4, 0.5) is 0 Å². The molecule has 0 aliphatic rings. The molecule has 12 N–H and O–H groups in total. The molecule has 1 heterocycles. The number of nitrogens with zero attached hydrogens (tertiary/aromatic N) is 2. The van der Waals surface area contributed by atoms with Gasteiger partial charge in [0.05, 0.1) is 12.4 Å². The Kier molecular flexibility index (Phi) is 15.0. The van der Waals surface area contributed by atoms with Gasteiger partial charge in [-0.05, 0) is 37.7 Å². The number of aromatic amines is 1. The van der Waals surface area contributed by atoms with Crippen molar-refractivity contribution in [3.8, 4) is 0 Å². The molecule has 0 saturated carbocycles. The first kappa shape index (κ1) is 33.2. The van der Waals surface area contributed by atoms with Gasteiger partial charge in [0, 0.05) is 31.3 Å². The van der Waals surface area contributed by atoms with Gasteiger partial charge in [-0.1, -0.05) is 0 Å². The van der Waals surface area contributed by atoms with Crippen LogP contribution in [0.3, 0.4) is 0 Å². The van der Waals surface area contributed by atoms with Crippen molar-refractivity contribution in [3.63, 3.8) is 0 Å². The largest absolute Gasteiger partial charge is 0.481 e. The fraction of sp³-hybridized carbons (Fsp3) is 0.591. The molecule has 17 heteroatoms. The number of carboxylic acids is 2. The SMILES string of the molecule is CSCCC(N)C(=O)NC(CCC(=O)O)C(=O)NC(CCCN=C(N)N)C(=O)NC(Cc1cnc[nH]1)C(=O)O. The van der Waals surface area contributed by atoms with E-state index in [4.69, 9.17) is 22.3 Å². The van der Waals surface area contributed by atoms with E-state index in [0.29, 0.717) is 17.9 Å². The summed E-state index contributed by atoms with van der Waals surface area (Å²) in [5.41, 5.74) is 17.0. The summed E-state index contributed by atoms with van der Waals surface area (Å²) in [4.78, 5) is 72.0. The zero-order chi connectivity index (χ0) is 29.4. The van der Waals surface area contributed by atoms with E-state index in [1.165, 1.54) is 24.3 Å². The maximum Gasteiger partial charge on any atom is 0.326 e. The first-order valence-corrected chi connectivity index (χ1v) is 13.5. The maximum atomic E-state index is 13.1. The van der Waals surface area contributed by atoms with E-state index < -0.39 is 60.2 Å². The third-order valence-corrected chi connectivity index (χ3v) is 6.07. The van der Waals surface area contributed by atoms with E-state index in [-0.39, 0.29) is 38.2 Å². The molecule has 0 aliphatic carbocycles. The van der Waals surface area contributed by atoms with Gasteiger partial charge in [-0.2, -0.15) is 11.8 Å². The molecule has 4 atom stereocenters. The number of carbonyl (C=O) groups excluding carboxylic acids is 3. The molecular formula is C22H37N9O7S. The van der Waals surface area contributed by atoms with Crippen molar-refractivity contribution in [1.29, 1.82) is 0 Å². The van der Waals surface area contributed by atoms with E-state index in [0.717, 1.165) is 0 Å². The molecule has 1 aromatic heterocycles. The van der Waals surface area contributed by atoms with Crippen molar-refractivity contribution in [2.45, 2.75) is 62.7 Å². The van der Waals surface area contributed by atoms with Gasteiger partial charge in [-0.25, -0.2) is 9.78 Å². The number of thioether (sulfide) groups is 1. The monoisotopic (exact) mass is 571 g/mol. The molecule has 1 rings (SSSR count). The van der Waals surface area contributed by atoms with E-state index in [9.17, 15) is 29.1 Å². The van der Waals surface area contributed by atoms with Gasteiger partial charge in [-0.15, -0.1) is 0 Å². The summed E-state index contributed by atoms with van der Waals surface area (Å²) in [6.07, 6.45) is 4.41. The number of nitrogens with one attached hydrogen (secondary N) is 4. The van der Waals surface area contributed by atoms with Crippen LogP contribution >= 0.6 is 11.8 Å². The Hall–Kier alpha value is -3.86. The molecule has 3 amide bonds. The molecule has 0 spiro atoms. The second-order valence-corrected chi connectivity index (χ2v) is 9.56. The lowest BCUT2D eigenvalue weighted by Crippen LogP contribution is -2.57. The van der Waals surface area contributed by atoms with Crippen molar-refractivity contribution in [2.75, 3.05) is 18.6 Å². The number of carboxylic acid groups (broad SMARTS) is 2. The van der Waals surface area contributed by atoms with Crippen LogP contribution in [0, 0.1) is 0 Å². The number of hydrogen-bond donors (Lipinski definition) is 9. The van der Waals surface area contributed by atoms with Gasteiger partial charge in [0.15, 0.2) is 5.96 Å². The highest BCUT2D eigenvalue weighted by atomic mass is 32.2. The van der Waals surface area contributed by atoms with Crippen molar-refractivity contribution < 1.29 is 34.2 Å². The van der Waals surface area contributed by atoms with E-state index in [1.807, 2.05) is 6.26 Å². The second-order valence-electron chi connectivity index (χ2n) is 8.57. The molecule has 0 bridgehead atoms. The Morgan fingerprint density at radius 2 is 1.62 bits per heavy atom. The Morgan fingerprint density at radius 1 is 1.00 bits per heavy atom. The number of aliphatic carboxylic acids is 2. The Morgan fingerprint density at radius 3 is 2.15 bits per heavy atom. The van der Waals surface area contributed by atoms with Crippen LogP contribution in [0.2, 0.25) is 0 Å². The summed E-state index contributed by atoms with van der Waals surface area (Å²) in [6, 6.07) is -4.81. The van der Waals surface area contributed by atoms with Gasteiger partial charge >= 0.3 is 11.9 Å². The van der Waals surface area contributed by atoms with Gasteiger partial charge in [-0.3, -0.25) is 24.2 Å². The number of carbonyl (C=O) groups is 5. The lowest BCUT2D eigenvalue weighted by molar-refractivity contribution is -0.142. The Bertz CT molecular complexity index is 987. The Labute approximate surface area is 229 Å². The van der Waals surface area contributed by atoms with Crippen molar-refractivity contribution in [1.82, 2.24) is 25.9 Å². The van der Waals surface area contributed by atoms with Crippen molar-refractivity contribution in [2.24, 2.45) is 22.2 Å². The van der Waals surface area contributed by atoms with E-state index in [1.54, 1.807) is 0 Å². The van der Waals surface area contributed by atoms with Gasteiger partial charge in [0.1, 0.15) is 18.1 Å². The summed E-state index contributed by atoms with van der Waals surface area (Å²) in [5.74, 6) is -4.35. The molecule has 4 unspecified atom stereocenters. The van der Waals surface area contributed by atoms with Crippen LogP contribution in [0.5, 0.6) is 0 Å². The molecule has 0 aromatic carbocycles. The number of imidazole rings is 1. The van der Waals surface area contributed by atoms with Crippen molar-refractivity contribution in [3.05, 3.63) is 18.2 Å². The fourth-order valence-corrected chi connectivity index (χ4v) is 3.81. The topological polar surface area (TPSA) is 281 Å². The molecular weight excluding hydrogens is 534 g/mol.